The van der Waals surface area contributed by atoms with Crippen LogP contribution < -0.4 is 0 Å². The normalized spacial score (nSPS) is 13.2. The molecule has 0 N–H and O–H groups in total. The highest BCUT2D eigenvalue weighted by atomic mass is 15.1. The summed E-state index contributed by atoms with van der Waals surface area (Å²) in [5.41, 5.74) is 0. The van der Waals surface area contributed by atoms with Gasteiger partial charge in [0.05, 0.1) is 6.54 Å². The number of nitrogens with zero attached hydrogens (tertiary/aromatic N) is 1. The van der Waals surface area contributed by atoms with Crippen molar-refractivity contribution in [2.75, 3.05) is 13.6 Å². The zero-order chi connectivity index (χ0) is 7.28. The van der Waals surface area contributed by atoms with Crippen molar-refractivity contribution in [1.29, 1.82) is 0 Å². The molecule has 1 heteroatoms. The molecule has 0 aromatic heterocycles. The summed E-state index contributed by atoms with van der Waals surface area (Å²) in [6, 6.07) is 0.612. The van der Waals surface area contributed by atoms with Crippen LogP contribution in [0.2, 0.25) is 0 Å². The first-order valence-electron chi connectivity index (χ1n) is 3.36. The fraction of sp³-hybridized carbons (Fsp3) is 0.750. The van der Waals surface area contributed by atoms with Crippen molar-refractivity contribution in [3.05, 3.63) is 0 Å². The molecular weight excluding hydrogens is 110 g/mol. The maximum atomic E-state index is 5.13. The van der Waals surface area contributed by atoms with E-state index in [0.29, 0.717) is 6.04 Å². The largest absolute Gasteiger partial charge is 0.293 e. The Morgan fingerprint density at radius 3 is 2.56 bits per heavy atom. The quantitative estimate of drug-likeness (QED) is 0.515. The summed E-state index contributed by atoms with van der Waals surface area (Å²) < 4.78 is 0. The maximum Gasteiger partial charge on any atom is 0.0598 e. The first-order chi connectivity index (χ1) is 4.22. The molecule has 0 amide bonds. The molecule has 0 radical (unpaired) electrons. The molecule has 0 heterocycles. The Labute approximate surface area is 58.1 Å². The van der Waals surface area contributed by atoms with Crippen molar-refractivity contribution in [2.24, 2.45) is 0 Å². The van der Waals surface area contributed by atoms with E-state index in [9.17, 15) is 0 Å². The Morgan fingerprint density at radius 1 is 1.67 bits per heavy atom. The Bertz CT molecular complexity index is 102. The average Bonchev–Trinajstić information content (AvgIpc) is 1.87. The lowest BCUT2D eigenvalue weighted by Gasteiger charge is -2.20. The predicted molar refractivity (Wildman–Crippen MR) is 41.2 cm³/mol. The minimum atomic E-state index is 0.612. The lowest BCUT2D eigenvalue weighted by Crippen LogP contribution is -2.28. The lowest BCUT2D eigenvalue weighted by molar-refractivity contribution is 0.282. The Hall–Kier alpha value is -0.480. The van der Waals surface area contributed by atoms with Gasteiger partial charge in [-0.2, -0.15) is 0 Å². The molecule has 0 unspecified atom stereocenters. The second kappa shape index (κ2) is 4.40. The Morgan fingerprint density at radius 2 is 2.22 bits per heavy atom. The fourth-order valence-corrected chi connectivity index (χ4v) is 0.612. The van der Waals surface area contributed by atoms with Gasteiger partial charge in [0.15, 0.2) is 0 Å². The van der Waals surface area contributed by atoms with Crippen molar-refractivity contribution in [1.82, 2.24) is 4.90 Å². The Kier molecular flexibility index (Phi) is 4.17. The molecule has 0 spiro atoms. The van der Waals surface area contributed by atoms with Gasteiger partial charge in [0.25, 0.3) is 0 Å². The van der Waals surface area contributed by atoms with Crippen LogP contribution >= 0.6 is 0 Å². The van der Waals surface area contributed by atoms with Crippen molar-refractivity contribution in [3.8, 4) is 12.3 Å². The van der Waals surface area contributed by atoms with E-state index in [4.69, 9.17) is 6.42 Å². The number of hydrogen-bond donors (Lipinski definition) is 0. The standard InChI is InChI=1S/C8H15N/c1-5-7-9(4)8(3)6-2/h1,8H,6-7H2,2-4H3/t8-/m0/s1. The van der Waals surface area contributed by atoms with Gasteiger partial charge in [-0.3, -0.25) is 4.90 Å². The molecule has 52 valence electrons. The first kappa shape index (κ1) is 8.52. The van der Waals surface area contributed by atoms with Crippen LogP contribution in [0.1, 0.15) is 20.3 Å². The molecule has 1 nitrogen and oxygen atoms in total. The molecule has 0 aromatic carbocycles. The highest BCUT2D eigenvalue weighted by Gasteiger charge is 2.02. The molecule has 0 fully saturated rings. The highest BCUT2D eigenvalue weighted by Crippen LogP contribution is 1.97. The summed E-state index contributed by atoms with van der Waals surface area (Å²) in [6.45, 7) is 5.10. The lowest BCUT2D eigenvalue weighted by atomic mass is 10.2. The van der Waals surface area contributed by atoms with Crippen LogP contribution in [0.4, 0.5) is 0 Å². The molecule has 0 saturated heterocycles. The van der Waals surface area contributed by atoms with E-state index in [1.807, 2.05) is 7.05 Å². The SMILES string of the molecule is C#CCN(C)[C@@H](C)CC. The number of terminal acetylenes is 1. The van der Waals surface area contributed by atoms with Gasteiger partial charge in [-0.15, -0.1) is 6.42 Å². The summed E-state index contributed by atoms with van der Waals surface area (Å²) in [5, 5.41) is 0. The zero-order valence-corrected chi connectivity index (χ0v) is 6.52. The van der Waals surface area contributed by atoms with Crippen molar-refractivity contribution in [2.45, 2.75) is 26.3 Å². The van der Waals surface area contributed by atoms with E-state index in [1.165, 1.54) is 0 Å². The van der Waals surface area contributed by atoms with Crippen LogP contribution in [-0.2, 0) is 0 Å². The van der Waals surface area contributed by atoms with Gasteiger partial charge in [-0.1, -0.05) is 12.8 Å². The summed E-state index contributed by atoms with van der Waals surface area (Å²) in [7, 11) is 2.05. The van der Waals surface area contributed by atoms with Crippen LogP contribution in [0.5, 0.6) is 0 Å². The van der Waals surface area contributed by atoms with Gasteiger partial charge in [0, 0.05) is 6.04 Å². The van der Waals surface area contributed by atoms with E-state index in [1.54, 1.807) is 0 Å². The number of hydrogen-bond acceptors (Lipinski definition) is 1. The average molecular weight is 125 g/mol. The van der Waals surface area contributed by atoms with Crippen LogP contribution in [0, 0.1) is 12.3 Å². The van der Waals surface area contributed by atoms with E-state index in [0.717, 1.165) is 13.0 Å². The topological polar surface area (TPSA) is 3.24 Å². The minimum Gasteiger partial charge on any atom is -0.293 e. The van der Waals surface area contributed by atoms with Crippen LogP contribution in [-0.4, -0.2) is 24.5 Å². The van der Waals surface area contributed by atoms with Gasteiger partial charge in [0.2, 0.25) is 0 Å². The summed E-state index contributed by atoms with van der Waals surface area (Å²) in [4.78, 5) is 2.17. The predicted octanol–water partition coefficient (Wildman–Crippen LogP) is 1.35. The van der Waals surface area contributed by atoms with Gasteiger partial charge < -0.3 is 0 Å². The highest BCUT2D eigenvalue weighted by molar-refractivity contribution is 4.88. The third-order valence-electron chi connectivity index (χ3n) is 1.68. The molecule has 0 bridgehead atoms. The molecule has 0 rings (SSSR count). The van der Waals surface area contributed by atoms with Crippen LogP contribution in [0.25, 0.3) is 0 Å². The van der Waals surface area contributed by atoms with Crippen LogP contribution in [0.15, 0.2) is 0 Å². The molecule has 0 aromatic rings. The minimum absolute atomic E-state index is 0.612. The maximum absolute atomic E-state index is 5.13. The zero-order valence-electron chi connectivity index (χ0n) is 6.52. The van der Waals surface area contributed by atoms with E-state index in [2.05, 4.69) is 24.7 Å². The third kappa shape index (κ3) is 3.16. The molecular formula is C8H15N. The van der Waals surface area contributed by atoms with Crippen LogP contribution in [0.3, 0.4) is 0 Å². The van der Waals surface area contributed by atoms with Gasteiger partial charge in [0.1, 0.15) is 0 Å². The van der Waals surface area contributed by atoms with E-state index < -0.39 is 0 Å². The smallest absolute Gasteiger partial charge is 0.0598 e. The first-order valence-corrected chi connectivity index (χ1v) is 3.36. The molecule has 0 aliphatic carbocycles. The van der Waals surface area contributed by atoms with E-state index >= 15 is 0 Å². The molecule has 0 aliphatic rings. The monoisotopic (exact) mass is 125 g/mol. The van der Waals surface area contributed by atoms with Crippen molar-refractivity contribution in [3.63, 3.8) is 0 Å². The van der Waals surface area contributed by atoms with Gasteiger partial charge in [-0.05, 0) is 20.4 Å². The third-order valence-corrected chi connectivity index (χ3v) is 1.68. The second-order valence-electron chi connectivity index (χ2n) is 2.38. The molecule has 1 atom stereocenters. The second-order valence-corrected chi connectivity index (χ2v) is 2.38. The van der Waals surface area contributed by atoms with Crippen molar-refractivity contribution >= 4 is 0 Å². The summed E-state index contributed by atoms with van der Waals surface area (Å²) in [6.07, 6.45) is 6.30. The molecule has 0 saturated carbocycles. The van der Waals surface area contributed by atoms with Crippen molar-refractivity contribution < 1.29 is 0 Å². The number of rotatable bonds is 3. The van der Waals surface area contributed by atoms with E-state index in [-0.39, 0.29) is 0 Å². The fourth-order valence-electron chi connectivity index (χ4n) is 0.612. The van der Waals surface area contributed by atoms with Gasteiger partial charge in [-0.25, -0.2) is 0 Å². The summed E-state index contributed by atoms with van der Waals surface area (Å²) >= 11 is 0. The summed E-state index contributed by atoms with van der Waals surface area (Å²) in [5.74, 6) is 2.61. The molecule has 0 aliphatic heterocycles. The van der Waals surface area contributed by atoms with Gasteiger partial charge >= 0.3 is 0 Å². The molecule has 9 heavy (non-hydrogen) atoms. The Balaban J connectivity index is 3.48.